The summed E-state index contributed by atoms with van der Waals surface area (Å²) in [4.78, 5) is 15.2. The minimum atomic E-state index is -1.17. The predicted molar refractivity (Wildman–Crippen MR) is 124 cm³/mol. The van der Waals surface area contributed by atoms with E-state index in [4.69, 9.17) is 9.25 Å². The largest absolute Gasteiger partial charge is 0.436 e. The van der Waals surface area contributed by atoms with Crippen molar-refractivity contribution in [3.8, 4) is 17.1 Å². The molecule has 0 aliphatic rings. The molecule has 5 aromatic rings. The van der Waals surface area contributed by atoms with Crippen LogP contribution in [-0.2, 0) is 0 Å². The maximum atomic E-state index is 6.10. The molecule has 0 fully saturated rings. The van der Waals surface area contributed by atoms with Gasteiger partial charge >= 0.3 is 0 Å². The van der Waals surface area contributed by atoms with Gasteiger partial charge in [-0.3, -0.25) is 0 Å². The van der Waals surface area contributed by atoms with Crippen LogP contribution >= 0.6 is 0 Å². The molecule has 0 N–H and O–H groups in total. The Kier molecular flexibility index (Phi) is 4.66. The van der Waals surface area contributed by atoms with Gasteiger partial charge in [-0.2, -0.15) is 9.83 Å². The lowest BCUT2D eigenvalue weighted by Gasteiger charge is -2.17. The number of pyridine rings is 1. The zero-order valence-electron chi connectivity index (χ0n) is 18.2. The van der Waals surface area contributed by atoms with Crippen molar-refractivity contribution in [1.82, 2.24) is 24.5 Å². The molecule has 0 saturated carbocycles. The molecule has 0 aliphatic carbocycles. The summed E-state index contributed by atoms with van der Waals surface area (Å²) in [6.45, 7) is 9.77. The van der Waals surface area contributed by atoms with E-state index < -0.39 is 8.07 Å². The molecule has 0 saturated heterocycles. The van der Waals surface area contributed by atoms with E-state index in [9.17, 15) is 0 Å². The monoisotopic (exact) mass is 431 g/mol. The van der Waals surface area contributed by atoms with E-state index in [0.29, 0.717) is 12.5 Å². The number of nitrogens with zero attached hydrogens (tertiary/aromatic N) is 5. The normalized spacial score (nSPS) is 12.1. The Bertz CT molecular complexity index is 1340. The molecule has 5 rings (SSSR count). The van der Waals surface area contributed by atoms with Gasteiger partial charge in [0.2, 0.25) is 5.89 Å². The summed E-state index contributed by atoms with van der Waals surface area (Å²) in [5, 5.41) is 5.55. The zero-order valence-corrected chi connectivity index (χ0v) is 19.2. The highest BCUT2D eigenvalue weighted by Gasteiger charge is 2.17. The van der Waals surface area contributed by atoms with Crippen LogP contribution in [0.25, 0.3) is 39.3 Å². The van der Waals surface area contributed by atoms with Crippen molar-refractivity contribution in [3.63, 3.8) is 0 Å². The van der Waals surface area contributed by atoms with Crippen molar-refractivity contribution < 1.29 is 9.25 Å². The predicted octanol–water partition coefficient (Wildman–Crippen LogP) is 5.11. The van der Waals surface area contributed by atoms with Gasteiger partial charge in [-0.1, -0.05) is 31.8 Å². The highest BCUT2D eigenvalue weighted by molar-refractivity contribution is 6.76. The highest BCUT2D eigenvalue weighted by atomic mass is 28.3. The SMILES string of the molecule is Cc1cc2c(-n3cc(-c4nc5ccccc5o4)cn3)ccnc2n1OCC[Si](C)(C)C. The Hall–Kier alpha value is -3.39. The summed E-state index contributed by atoms with van der Waals surface area (Å²) in [7, 11) is -1.17. The molecule has 7 nitrogen and oxygen atoms in total. The lowest BCUT2D eigenvalue weighted by molar-refractivity contribution is 0.126. The summed E-state index contributed by atoms with van der Waals surface area (Å²) >= 11 is 0. The second-order valence-corrected chi connectivity index (χ2v) is 14.6. The van der Waals surface area contributed by atoms with Crippen molar-refractivity contribution >= 4 is 30.2 Å². The molecule has 0 bridgehead atoms. The molecule has 31 heavy (non-hydrogen) atoms. The first-order chi connectivity index (χ1) is 14.9. The van der Waals surface area contributed by atoms with Crippen molar-refractivity contribution in [2.24, 2.45) is 0 Å². The summed E-state index contributed by atoms with van der Waals surface area (Å²) in [6, 6.07) is 12.9. The highest BCUT2D eigenvalue weighted by Crippen LogP contribution is 2.27. The van der Waals surface area contributed by atoms with E-state index in [2.05, 4.69) is 40.8 Å². The van der Waals surface area contributed by atoms with Crippen LogP contribution in [0.2, 0.25) is 25.7 Å². The Labute approximate surface area is 181 Å². The third kappa shape index (κ3) is 3.74. The first kappa shape index (κ1) is 19.6. The van der Waals surface area contributed by atoms with Gasteiger partial charge < -0.3 is 9.25 Å². The number of hydrogen-bond acceptors (Lipinski definition) is 5. The van der Waals surface area contributed by atoms with Crippen LogP contribution in [-0.4, -0.2) is 39.2 Å². The number of para-hydroxylation sites is 2. The van der Waals surface area contributed by atoms with Crippen LogP contribution in [0, 0.1) is 6.92 Å². The van der Waals surface area contributed by atoms with Crippen molar-refractivity contribution in [3.05, 3.63) is 60.7 Å². The molecule has 0 amide bonds. The van der Waals surface area contributed by atoms with Crippen LogP contribution in [0.4, 0.5) is 0 Å². The first-order valence-corrected chi connectivity index (χ1v) is 14.1. The molecule has 1 aromatic carbocycles. The van der Waals surface area contributed by atoms with Crippen molar-refractivity contribution in [1.29, 1.82) is 0 Å². The minimum Gasteiger partial charge on any atom is -0.436 e. The topological polar surface area (TPSA) is 70.9 Å². The summed E-state index contributed by atoms with van der Waals surface area (Å²) in [5.41, 5.74) is 5.16. The molecule has 4 aromatic heterocycles. The lowest BCUT2D eigenvalue weighted by Crippen LogP contribution is -2.25. The van der Waals surface area contributed by atoms with E-state index in [-0.39, 0.29) is 0 Å². The Morgan fingerprint density at radius 1 is 1.13 bits per heavy atom. The standard InChI is InChI=1S/C23H25N5O2Si/c1-16-13-18-20(9-10-24-22(18)28(16)29-11-12-31(2,3)4)27-15-17(14-25-27)23-26-19-7-5-6-8-21(19)30-23/h5-10,13-15H,11-12H2,1-4H3. The number of benzene rings is 1. The maximum absolute atomic E-state index is 6.10. The first-order valence-electron chi connectivity index (χ1n) is 10.4. The minimum absolute atomic E-state index is 0.557. The average molecular weight is 432 g/mol. The van der Waals surface area contributed by atoms with Crippen molar-refractivity contribution in [2.45, 2.75) is 32.6 Å². The van der Waals surface area contributed by atoms with Gasteiger partial charge in [0.15, 0.2) is 11.2 Å². The molecule has 0 atom stereocenters. The fourth-order valence-corrected chi connectivity index (χ4v) is 4.26. The van der Waals surface area contributed by atoms with Gasteiger partial charge in [0.1, 0.15) is 12.1 Å². The zero-order chi connectivity index (χ0) is 21.6. The van der Waals surface area contributed by atoms with Crippen LogP contribution in [0.3, 0.4) is 0 Å². The van der Waals surface area contributed by atoms with Gasteiger partial charge in [-0.25, -0.2) is 14.6 Å². The Morgan fingerprint density at radius 3 is 2.77 bits per heavy atom. The fourth-order valence-electron chi connectivity index (χ4n) is 3.55. The third-order valence-corrected chi connectivity index (χ3v) is 6.96. The molecule has 4 heterocycles. The summed E-state index contributed by atoms with van der Waals surface area (Å²) in [5.74, 6) is 0.557. The fraction of sp³-hybridized carbons (Fsp3) is 0.261. The number of aryl methyl sites for hydroxylation is 1. The molecule has 0 aliphatic heterocycles. The molecule has 0 spiro atoms. The lowest BCUT2D eigenvalue weighted by atomic mass is 10.2. The number of oxazole rings is 1. The summed E-state index contributed by atoms with van der Waals surface area (Å²) < 4.78 is 9.56. The number of aromatic nitrogens is 5. The quantitative estimate of drug-likeness (QED) is 0.350. The van der Waals surface area contributed by atoms with Crippen molar-refractivity contribution in [2.75, 3.05) is 6.61 Å². The molecule has 158 valence electrons. The second kappa shape index (κ2) is 7.38. The van der Waals surface area contributed by atoms with E-state index in [1.165, 1.54) is 0 Å². The molecular formula is C23H25N5O2Si. The van der Waals surface area contributed by atoms with Crippen LogP contribution in [0.5, 0.6) is 0 Å². The van der Waals surface area contributed by atoms with Crippen LogP contribution in [0.15, 0.2) is 59.4 Å². The molecule has 0 unspecified atom stereocenters. The second-order valence-electron chi connectivity index (χ2n) is 8.95. The van der Waals surface area contributed by atoms with Gasteiger partial charge in [0.05, 0.1) is 23.1 Å². The third-order valence-electron chi connectivity index (χ3n) is 5.25. The van der Waals surface area contributed by atoms with E-state index in [0.717, 1.165) is 45.1 Å². The number of fused-ring (bicyclic) bond motifs is 2. The average Bonchev–Trinajstić information content (AvgIpc) is 3.43. The molecule has 8 heteroatoms. The van der Waals surface area contributed by atoms with E-state index >= 15 is 0 Å². The maximum Gasteiger partial charge on any atom is 0.230 e. The Morgan fingerprint density at radius 2 is 1.97 bits per heavy atom. The van der Waals surface area contributed by atoms with Gasteiger partial charge in [-0.15, -0.1) is 0 Å². The smallest absolute Gasteiger partial charge is 0.230 e. The molecular weight excluding hydrogens is 406 g/mol. The summed E-state index contributed by atoms with van der Waals surface area (Å²) in [6.07, 6.45) is 5.49. The van der Waals surface area contributed by atoms with Gasteiger partial charge in [0.25, 0.3) is 0 Å². The van der Waals surface area contributed by atoms with Crippen LogP contribution < -0.4 is 4.84 Å². The van der Waals surface area contributed by atoms with E-state index in [1.807, 2.05) is 52.9 Å². The number of hydrogen-bond donors (Lipinski definition) is 0. The molecule has 0 radical (unpaired) electrons. The number of rotatable bonds is 6. The van der Waals surface area contributed by atoms with Gasteiger partial charge in [-0.05, 0) is 37.2 Å². The van der Waals surface area contributed by atoms with E-state index in [1.54, 1.807) is 12.4 Å². The van der Waals surface area contributed by atoms with Crippen LogP contribution in [0.1, 0.15) is 5.69 Å². The Balaban J connectivity index is 1.49. The van der Waals surface area contributed by atoms with Gasteiger partial charge in [0, 0.05) is 25.9 Å².